The molecule has 1 fully saturated rings. The first-order chi connectivity index (χ1) is 30.4. The molecule has 1 saturated carbocycles. The number of phosphoric ester groups is 1. The maximum absolute atomic E-state index is 12.8. The molecule has 0 saturated heterocycles. The fraction of sp³-hybridized carbons (Fsp3) is 0.837. The summed E-state index contributed by atoms with van der Waals surface area (Å²) < 4.78 is 33.6. The Morgan fingerprint density at radius 2 is 0.857 bits per heavy atom. The monoisotopic (exact) mass is 917 g/mol. The summed E-state index contributed by atoms with van der Waals surface area (Å²) in [7, 11) is -5.12. The van der Waals surface area contributed by atoms with Gasteiger partial charge in [-0.1, -0.05) is 159 Å². The molecule has 1 aliphatic carbocycles. The van der Waals surface area contributed by atoms with E-state index < -0.39 is 75.7 Å². The average molecular weight is 917 g/mol. The highest BCUT2D eigenvalue weighted by molar-refractivity contribution is 7.47. The largest absolute Gasteiger partial charge is 0.472 e. The van der Waals surface area contributed by atoms with E-state index in [1.54, 1.807) is 0 Å². The lowest BCUT2D eigenvalue weighted by Crippen LogP contribution is -2.64. The Kier molecular flexibility index (Phi) is 36.8. The van der Waals surface area contributed by atoms with Gasteiger partial charge in [-0.05, 0) is 70.6 Å². The van der Waals surface area contributed by atoms with Crippen LogP contribution in [0.1, 0.15) is 206 Å². The molecule has 6 N–H and O–H groups in total. The number of phosphoric acid groups is 1. The van der Waals surface area contributed by atoms with Crippen LogP contribution in [0.25, 0.3) is 0 Å². The lowest BCUT2D eigenvalue weighted by molar-refractivity contribution is -0.220. The van der Waals surface area contributed by atoms with Crippen LogP contribution in [-0.2, 0) is 32.7 Å². The zero-order valence-corrected chi connectivity index (χ0v) is 40.0. The highest BCUT2D eigenvalue weighted by Crippen LogP contribution is 2.47. The molecule has 0 radical (unpaired) electrons. The van der Waals surface area contributed by atoms with Gasteiger partial charge < -0.3 is 39.9 Å². The molecule has 1 rings (SSSR count). The van der Waals surface area contributed by atoms with Crippen LogP contribution in [0.3, 0.4) is 0 Å². The van der Waals surface area contributed by atoms with E-state index in [2.05, 4.69) is 50.3 Å². The minimum Gasteiger partial charge on any atom is -0.462 e. The molecule has 0 bridgehead atoms. The van der Waals surface area contributed by atoms with Crippen molar-refractivity contribution < 1.29 is 63.1 Å². The predicted molar refractivity (Wildman–Crippen MR) is 249 cm³/mol. The first-order valence-electron chi connectivity index (χ1n) is 24.8. The molecule has 0 aromatic heterocycles. The third-order valence-electron chi connectivity index (χ3n) is 11.5. The Bertz CT molecular complexity index is 1240. The first-order valence-corrected chi connectivity index (χ1v) is 26.3. The maximum Gasteiger partial charge on any atom is 0.472 e. The van der Waals surface area contributed by atoms with Crippen LogP contribution in [0.4, 0.5) is 0 Å². The molecule has 368 valence electrons. The molecule has 0 amide bonds. The first kappa shape index (κ1) is 59.1. The van der Waals surface area contributed by atoms with Crippen molar-refractivity contribution in [1.29, 1.82) is 0 Å². The number of esters is 2. The van der Waals surface area contributed by atoms with Crippen molar-refractivity contribution in [3.05, 3.63) is 36.5 Å². The topological polar surface area (TPSA) is 210 Å². The molecule has 63 heavy (non-hydrogen) atoms. The number of carbonyl (C=O) groups is 2. The molecule has 14 heteroatoms. The van der Waals surface area contributed by atoms with E-state index in [9.17, 15) is 44.6 Å². The van der Waals surface area contributed by atoms with Crippen LogP contribution in [0.2, 0.25) is 0 Å². The van der Waals surface area contributed by atoms with Crippen molar-refractivity contribution in [2.45, 2.75) is 249 Å². The van der Waals surface area contributed by atoms with E-state index in [0.29, 0.717) is 12.8 Å². The Labute approximate surface area is 380 Å². The van der Waals surface area contributed by atoms with E-state index in [1.807, 2.05) is 0 Å². The summed E-state index contributed by atoms with van der Waals surface area (Å²) in [5.41, 5.74) is 0. The van der Waals surface area contributed by atoms with Crippen LogP contribution in [0.15, 0.2) is 36.5 Å². The number of carbonyl (C=O) groups excluding carboxylic acids is 2. The van der Waals surface area contributed by atoms with Gasteiger partial charge in [-0.15, -0.1) is 0 Å². The van der Waals surface area contributed by atoms with Crippen LogP contribution in [0, 0.1) is 0 Å². The summed E-state index contributed by atoms with van der Waals surface area (Å²) in [4.78, 5) is 35.8. The predicted octanol–water partition coefficient (Wildman–Crippen LogP) is 10.2. The van der Waals surface area contributed by atoms with Gasteiger partial charge in [0.05, 0.1) is 6.61 Å². The van der Waals surface area contributed by atoms with E-state index in [1.165, 1.54) is 89.9 Å². The Balaban J connectivity index is 2.43. The SMILES string of the molecule is CCCCC/C=C/C/C=C/CCCCCCCC(=O)OC[C@H](COP(=O)(O)OC1C(O)C(O)C(O)[C@@H](O)C1O)OC(=O)CCCCCCCCCCC/C=C/CCCCCCCC. The van der Waals surface area contributed by atoms with Gasteiger partial charge in [-0.25, -0.2) is 4.57 Å². The minimum absolute atomic E-state index is 0.0919. The van der Waals surface area contributed by atoms with Crippen molar-refractivity contribution in [3.63, 3.8) is 0 Å². The molecule has 0 aromatic rings. The molecular formula is C49H89O13P. The molecule has 1 aliphatic rings. The van der Waals surface area contributed by atoms with Crippen molar-refractivity contribution in [3.8, 4) is 0 Å². The van der Waals surface area contributed by atoms with E-state index in [0.717, 1.165) is 77.0 Å². The molecule has 6 unspecified atom stereocenters. The molecule has 0 aliphatic heterocycles. The van der Waals surface area contributed by atoms with Crippen molar-refractivity contribution in [1.82, 2.24) is 0 Å². The fourth-order valence-corrected chi connectivity index (χ4v) is 8.40. The number of allylic oxidation sites excluding steroid dienone is 6. The Morgan fingerprint density at radius 1 is 0.492 bits per heavy atom. The lowest BCUT2D eigenvalue weighted by atomic mass is 9.85. The second-order valence-corrected chi connectivity index (χ2v) is 18.7. The summed E-state index contributed by atoms with van der Waals surface area (Å²) in [6.45, 7) is 3.27. The lowest BCUT2D eigenvalue weighted by Gasteiger charge is -2.41. The third kappa shape index (κ3) is 31.6. The summed E-state index contributed by atoms with van der Waals surface area (Å²) in [5, 5.41) is 50.2. The molecule has 13 nitrogen and oxygen atoms in total. The van der Waals surface area contributed by atoms with Crippen molar-refractivity contribution in [2.75, 3.05) is 13.2 Å². The van der Waals surface area contributed by atoms with Gasteiger partial charge in [0.1, 0.15) is 43.2 Å². The second-order valence-electron chi connectivity index (χ2n) is 17.3. The van der Waals surface area contributed by atoms with Crippen molar-refractivity contribution >= 4 is 19.8 Å². The average Bonchev–Trinajstić information content (AvgIpc) is 3.26. The van der Waals surface area contributed by atoms with Gasteiger partial charge >= 0.3 is 19.8 Å². The van der Waals surface area contributed by atoms with Gasteiger partial charge in [-0.3, -0.25) is 18.6 Å². The zero-order chi connectivity index (χ0) is 46.4. The molecular weight excluding hydrogens is 827 g/mol. The highest BCUT2D eigenvalue weighted by atomic mass is 31.2. The second kappa shape index (κ2) is 39.3. The Hall–Kier alpha value is -1.93. The fourth-order valence-electron chi connectivity index (χ4n) is 7.43. The number of unbranched alkanes of at least 4 members (excludes halogenated alkanes) is 23. The summed E-state index contributed by atoms with van der Waals surface area (Å²) in [6, 6.07) is 0. The number of rotatable bonds is 41. The number of aliphatic hydroxyl groups is 5. The van der Waals surface area contributed by atoms with Crippen LogP contribution in [-0.4, -0.2) is 98.3 Å². The summed E-state index contributed by atoms with van der Waals surface area (Å²) in [5.74, 6) is -1.11. The Morgan fingerprint density at radius 3 is 1.33 bits per heavy atom. The smallest absolute Gasteiger partial charge is 0.462 e. The van der Waals surface area contributed by atoms with Crippen LogP contribution >= 0.6 is 7.82 Å². The van der Waals surface area contributed by atoms with Crippen LogP contribution < -0.4 is 0 Å². The third-order valence-corrected chi connectivity index (χ3v) is 12.4. The van der Waals surface area contributed by atoms with Gasteiger partial charge in [0, 0.05) is 12.8 Å². The van der Waals surface area contributed by atoms with E-state index in [4.69, 9.17) is 18.5 Å². The van der Waals surface area contributed by atoms with Gasteiger partial charge in [0.25, 0.3) is 0 Å². The number of hydrogen-bond acceptors (Lipinski definition) is 12. The number of hydrogen-bond donors (Lipinski definition) is 6. The molecule has 0 aromatic carbocycles. The van der Waals surface area contributed by atoms with Gasteiger partial charge in [-0.2, -0.15) is 0 Å². The molecule has 8 atom stereocenters. The van der Waals surface area contributed by atoms with Gasteiger partial charge in [0.2, 0.25) is 0 Å². The highest BCUT2D eigenvalue weighted by Gasteiger charge is 2.51. The van der Waals surface area contributed by atoms with Crippen LogP contribution in [0.5, 0.6) is 0 Å². The molecule has 0 heterocycles. The molecule has 0 spiro atoms. The quantitative estimate of drug-likeness (QED) is 0.0146. The van der Waals surface area contributed by atoms with Gasteiger partial charge in [0.15, 0.2) is 6.10 Å². The zero-order valence-electron chi connectivity index (χ0n) is 39.1. The normalized spacial score (nSPS) is 22.0. The van der Waals surface area contributed by atoms with E-state index >= 15 is 0 Å². The van der Waals surface area contributed by atoms with Crippen molar-refractivity contribution in [2.24, 2.45) is 0 Å². The standard InChI is InChI=1S/C49H89O13P/c1-3-5-7-9-11-13-15-17-19-20-21-22-24-26-28-30-32-34-36-38-43(51)61-41(40-60-63(57,58)62-49-47(55)45(53)44(52)46(54)48(49)56)39-59-42(50)37-35-33-31-29-27-25-23-18-16-14-12-10-8-6-4-2/h12,14,17-19,23,41,44-49,52-56H,3-11,13,15-16,20-22,24-40H2,1-2H3,(H,57,58)/b14-12+,19-17+,23-18+/t41-,44?,45-,46?,47?,48?,49?/m1/s1. The summed E-state index contributed by atoms with van der Waals surface area (Å²) in [6.07, 6.45) is 31.9. The number of ether oxygens (including phenoxy) is 2. The maximum atomic E-state index is 12.8. The minimum atomic E-state index is -5.12. The van der Waals surface area contributed by atoms with E-state index in [-0.39, 0.29) is 12.8 Å². The number of aliphatic hydroxyl groups excluding tert-OH is 5. The summed E-state index contributed by atoms with van der Waals surface area (Å²) >= 11 is 0.